The lowest BCUT2D eigenvalue weighted by Gasteiger charge is -2.32. The van der Waals surface area contributed by atoms with Gasteiger partial charge in [0.15, 0.2) is 0 Å². The average Bonchev–Trinajstić information content (AvgIpc) is 2.92. The van der Waals surface area contributed by atoms with E-state index in [0.717, 1.165) is 30.2 Å². The van der Waals surface area contributed by atoms with E-state index in [2.05, 4.69) is 5.32 Å². The number of carbonyl (C=O) groups is 4. The molecule has 25 heavy (non-hydrogen) atoms. The third-order valence-corrected chi connectivity index (χ3v) is 5.62. The number of imide groups is 1. The van der Waals surface area contributed by atoms with Crippen LogP contribution in [0, 0.1) is 0 Å². The summed E-state index contributed by atoms with van der Waals surface area (Å²) in [5.41, 5.74) is 6.86. The van der Waals surface area contributed by atoms with Gasteiger partial charge >= 0.3 is 0 Å². The highest BCUT2D eigenvalue weighted by Crippen LogP contribution is 2.29. The molecule has 1 unspecified atom stereocenters. The summed E-state index contributed by atoms with van der Waals surface area (Å²) in [6.07, 6.45) is 1.70. The summed E-state index contributed by atoms with van der Waals surface area (Å²) >= 11 is 0.882. The quantitative estimate of drug-likeness (QED) is 0.838. The van der Waals surface area contributed by atoms with Crippen molar-refractivity contribution in [1.29, 1.82) is 0 Å². The smallest absolute Gasteiger partial charge is 0.286 e. The van der Waals surface area contributed by atoms with Crippen molar-refractivity contribution >= 4 is 34.7 Å². The van der Waals surface area contributed by atoms with Crippen LogP contribution in [0.25, 0.3) is 0 Å². The first-order valence-corrected chi connectivity index (χ1v) is 9.01. The Hall–Kier alpha value is -2.35. The van der Waals surface area contributed by atoms with Crippen LogP contribution in [0.5, 0.6) is 0 Å². The number of piperidine rings is 1. The Labute approximate surface area is 149 Å². The molecule has 3 rings (SSSR count). The van der Waals surface area contributed by atoms with Crippen molar-refractivity contribution in [3.63, 3.8) is 0 Å². The minimum absolute atomic E-state index is 0.0558. The molecule has 2 aliphatic rings. The molecule has 1 aromatic rings. The van der Waals surface area contributed by atoms with Gasteiger partial charge in [0, 0.05) is 25.1 Å². The molecule has 1 aromatic carbocycles. The summed E-state index contributed by atoms with van der Waals surface area (Å²) in [5.74, 6) is -0.589. The molecular weight excluding hydrogens is 342 g/mol. The highest BCUT2D eigenvalue weighted by atomic mass is 32.2. The number of rotatable bonds is 4. The summed E-state index contributed by atoms with van der Waals surface area (Å²) in [6.45, 7) is 1.24. The monoisotopic (exact) mass is 361 g/mol. The van der Waals surface area contributed by atoms with Gasteiger partial charge in [-0.2, -0.15) is 0 Å². The van der Waals surface area contributed by atoms with Gasteiger partial charge in [0.05, 0.1) is 0 Å². The zero-order chi connectivity index (χ0) is 18.0. The number of hydrogen-bond acceptors (Lipinski definition) is 5. The van der Waals surface area contributed by atoms with Gasteiger partial charge in [0.1, 0.15) is 5.25 Å². The molecule has 7 nitrogen and oxygen atoms in total. The van der Waals surface area contributed by atoms with Crippen LogP contribution in [0.1, 0.15) is 41.1 Å². The van der Waals surface area contributed by atoms with E-state index < -0.39 is 11.2 Å². The van der Waals surface area contributed by atoms with Crippen LogP contribution in [-0.4, -0.2) is 46.2 Å². The zero-order valence-corrected chi connectivity index (χ0v) is 14.4. The number of nitrogens with one attached hydrogen (secondary N) is 1. The minimum Gasteiger partial charge on any atom is -0.366 e. The maximum Gasteiger partial charge on any atom is 0.286 e. The van der Waals surface area contributed by atoms with Crippen molar-refractivity contribution in [3.8, 4) is 0 Å². The van der Waals surface area contributed by atoms with Gasteiger partial charge in [-0.1, -0.05) is 23.9 Å². The number of thioether (sulfide) groups is 1. The third kappa shape index (κ3) is 4.01. The number of nitrogens with two attached hydrogens (primary N) is 1. The standard InChI is InChI=1S/C17H19N3O4S/c18-15(22)12-3-1-10(2-4-12)11-5-7-20(8-6-11)14(21)9-13-16(23)19-17(24)25-13/h1-4,11,13H,5-9H2,(H2,18,22)(H,19,23,24). The summed E-state index contributed by atoms with van der Waals surface area (Å²) in [6, 6.07) is 7.27. The van der Waals surface area contributed by atoms with Crippen LogP contribution in [0.2, 0.25) is 0 Å². The number of amides is 4. The summed E-state index contributed by atoms with van der Waals surface area (Å²) in [4.78, 5) is 47.9. The lowest BCUT2D eigenvalue weighted by atomic mass is 9.89. The fraction of sp³-hybridized carbons (Fsp3) is 0.412. The largest absolute Gasteiger partial charge is 0.366 e. The molecule has 3 N–H and O–H groups in total. The van der Waals surface area contributed by atoms with Gasteiger partial charge in [0.2, 0.25) is 17.7 Å². The number of likely N-dealkylation sites (tertiary alicyclic amines) is 1. The van der Waals surface area contributed by atoms with Crippen molar-refractivity contribution in [2.75, 3.05) is 13.1 Å². The molecule has 0 saturated carbocycles. The summed E-state index contributed by atoms with van der Waals surface area (Å²) in [5, 5.41) is 1.20. The van der Waals surface area contributed by atoms with E-state index in [1.165, 1.54) is 0 Å². The van der Waals surface area contributed by atoms with E-state index in [1.54, 1.807) is 17.0 Å². The molecule has 2 aliphatic heterocycles. The van der Waals surface area contributed by atoms with E-state index >= 15 is 0 Å². The van der Waals surface area contributed by atoms with E-state index in [-0.39, 0.29) is 23.5 Å². The molecule has 2 fully saturated rings. The fourth-order valence-electron chi connectivity index (χ4n) is 3.20. The first-order valence-electron chi connectivity index (χ1n) is 8.13. The maximum atomic E-state index is 12.3. The molecule has 4 amide bonds. The number of primary amides is 1. The van der Waals surface area contributed by atoms with Crippen molar-refractivity contribution in [2.45, 2.75) is 30.4 Å². The molecule has 1 atom stereocenters. The number of hydrogen-bond donors (Lipinski definition) is 2. The lowest BCUT2D eigenvalue weighted by Crippen LogP contribution is -2.40. The normalized spacial score (nSPS) is 21.3. The van der Waals surface area contributed by atoms with Crippen molar-refractivity contribution in [1.82, 2.24) is 10.2 Å². The highest BCUT2D eigenvalue weighted by Gasteiger charge is 2.35. The van der Waals surface area contributed by atoms with Crippen molar-refractivity contribution < 1.29 is 19.2 Å². The summed E-state index contributed by atoms with van der Waals surface area (Å²) < 4.78 is 0. The molecule has 0 radical (unpaired) electrons. The van der Waals surface area contributed by atoms with Gasteiger partial charge < -0.3 is 10.6 Å². The first-order chi connectivity index (χ1) is 11.9. The second-order valence-corrected chi connectivity index (χ2v) is 7.40. The average molecular weight is 361 g/mol. The van der Waals surface area contributed by atoms with Crippen molar-refractivity contribution in [2.24, 2.45) is 5.73 Å². The molecule has 0 aliphatic carbocycles. The molecule has 0 bridgehead atoms. The Bertz CT molecular complexity index is 711. The molecule has 0 spiro atoms. The van der Waals surface area contributed by atoms with E-state index in [1.807, 2.05) is 12.1 Å². The van der Waals surface area contributed by atoms with Crippen LogP contribution >= 0.6 is 11.8 Å². The Kier molecular flexibility index (Phi) is 5.08. The van der Waals surface area contributed by atoms with Gasteiger partial charge in [-0.25, -0.2) is 0 Å². The third-order valence-electron chi connectivity index (χ3n) is 4.64. The Balaban J connectivity index is 1.52. The Morgan fingerprint density at radius 3 is 2.32 bits per heavy atom. The maximum absolute atomic E-state index is 12.3. The molecule has 0 aromatic heterocycles. The molecule has 2 saturated heterocycles. The van der Waals surface area contributed by atoms with E-state index in [4.69, 9.17) is 5.73 Å². The van der Waals surface area contributed by atoms with Gasteiger partial charge in [-0.05, 0) is 36.5 Å². The molecular formula is C17H19N3O4S. The first kappa shape index (κ1) is 17.5. The lowest BCUT2D eigenvalue weighted by molar-refractivity contribution is -0.133. The molecule has 2 heterocycles. The van der Waals surface area contributed by atoms with Crippen LogP contribution in [0.15, 0.2) is 24.3 Å². The van der Waals surface area contributed by atoms with Crippen molar-refractivity contribution in [3.05, 3.63) is 35.4 Å². The van der Waals surface area contributed by atoms with E-state index in [9.17, 15) is 19.2 Å². The Morgan fingerprint density at radius 2 is 1.80 bits per heavy atom. The second kappa shape index (κ2) is 7.26. The van der Waals surface area contributed by atoms with E-state index in [0.29, 0.717) is 24.6 Å². The van der Waals surface area contributed by atoms with Crippen LogP contribution in [-0.2, 0) is 9.59 Å². The number of benzene rings is 1. The van der Waals surface area contributed by atoms with Crippen LogP contribution in [0.3, 0.4) is 0 Å². The zero-order valence-electron chi connectivity index (χ0n) is 13.6. The summed E-state index contributed by atoms with van der Waals surface area (Å²) in [7, 11) is 0. The second-order valence-electron chi connectivity index (χ2n) is 6.23. The van der Waals surface area contributed by atoms with Crippen LogP contribution in [0.4, 0.5) is 4.79 Å². The number of carbonyl (C=O) groups excluding carboxylic acids is 4. The van der Waals surface area contributed by atoms with Gasteiger partial charge in [-0.15, -0.1) is 0 Å². The van der Waals surface area contributed by atoms with Crippen LogP contribution < -0.4 is 11.1 Å². The highest BCUT2D eigenvalue weighted by molar-refractivity contribution is 8.15. The number of nitrogens with zero attached hydrogens (tertiary/aromatic N) is 1. The van der Waals surface area contributed by atoms with Gasteiger partial charge in [0.25, 0.3) is 5.24 Å². The Morgan fingerprint density at radius 1 is 1.16 bits per heavy atom. The predicted octanol–water partition coefficient (Wildman–Crippen LogP) is 1.23. The predicted molar refractivity (Wildman–Crippen MR) is 93.0 cm³/mol. The molecule has 132 valence electrons. The fourth-order valence-corrected chi connectivity index (χ4v) is 4.01. The molecule has 8 heteroatoms. The minimum atomic E-state index is -0.612. The van der Waals surface area contributed by atoms with Gasteiger partial charge in [-0.3, -0.25) is 24.5 Å². The topological polar surface area (TPSA) is 110 Å². The SMILES string of the molecule is NC(=O)c1ccc(C2CCN(C(=O)CC3SC(=O)NC3=O)CC2)cc1.